The van der Waals surface area contributed by atoms with Crippen LogP contribution in [0.2, 0.25) is 0 Å². The lowest BCUT2D eigenvalue weighted by Crippen LogP contribution is -2.49. The number of allylic oxidation sites excluding steroid dienone is 1. The maximum atomic E-state index is 12.6. The number of fused-ring (bicyclic) bond motifs is 2. The monoisotopic (exact) mass is 381 g/mol. The molecule has 4 rings (SSSR count). The van der Waals surface area contributed by atoms with Crippen molar-refractivity contribution in [3.8, 4) is 0 Å². The van der Waals surface area contributed by atoms with Gasteiger partial charge in [-0.3, -0.25) is 4.79 Å². The molecule has 2 aliphatic heterocycles. The van der Waals surface area contributed by atoms with E-state index in [0.29, 0.717) is 18.9 Å². The fourth-order valence-corrected chi connectivity index (χ4v) is 8.12. The standard InChI is InChI=1S/C20H31NO4S/c1-13-5-4-6-19(2)10-17-14(9-16(13)19)15(18(22)25-17)11-21-20(3)7-8-26(23,24)12-20/h14-17,21H,1,4-12H2,2-3H3/t14-,15-,16+,17-,19-,20+/m1/s1. The summed E-state index contributed by atoms with van der Waals surface area (Å²) in [6.45, 7) is 9.14. The quantitative estimate of drug-likeness (QED) is 0.601. The van der Waals surface area contributed by atoms with Crippen LogP contribution in [-0.2, 0) is 19.4 Å². The molecule has 2 saturated heterocycles. The molecule has 0 aromatic heterocycles. The zero-order chi connectivity index (χ0) is 18.7. The first-order valence-corrected chi connectivity index (χ1v) is 11.8. The minimum Gasteiger partial charge on any atom is -0.462 e. The largest absolute Gasteiger partial charge is 0.462 e. The number of hydrogen-bond donors (Lipinski definition) is 1. The van der Waals surface area contributed by atoms with Gasteiger partial charge in [0.25, 0.3) is 0 Å². The van der Waals surface area contributed by atoms with Crippen LogP contribution in [0.4, 0.5) is 0 Å². The molecule has 6 heteroatoms. The van der Waals surface area contributed by atoms with Crippen LogP contribution < -0.4 is 5.32 Å². The number of ether oxygens (including phenoxy) is 1. The smallest absolute Gasteiger partial charge is 0.310 e. The van der Waals surface area contributed by atoms with Crippen molar-refractivity contribution in [2.75, 3.05) is 18.1 Å². The Morgan fingerprint density at radius 3 is 2.77 bits per heavy atom. The van der Waals surface area contributed by atoms with E-state index in [1.807, 2.05) is 6.92 Å². The Balaban J connectivity index is 1.47. The maximum absolute atomic E-state index is 12.6. The van der Waals surface area contributed by atoms with Crippen molar-refractivity contribution in [2.24, 2.45) is 23.2 Å². The van der Waals surface area contributed by atoms with Crippen LogP contribution in [0.15, 0.2) is 12.2 Å². The van der Waals surface area contributed by atoms with Gasteiger partial charge < -0.3 is 10.1 Å². The predicted molar refractivity (Wildman–Crippen MR) is 100 cm³/mol. The minimum atomic E-state index is -2.96. The van der Waals surface area contributed by atoms with Gasteiger partial charge in [0.05, 0.1) is 17.4 Å². The molecule has 0 aromatic carbocycles. The molecular weight excluding hydrogens is 350 g/mol. The molecule has 0 radical (unpaired) electrons. The summed E-state index contributed by atoms with van der Waals surface area (Å²) in [6, 6.07) is 0. The van der Waals surface area contributed by atoms with Gasteiger partial charge in [-0.1, -0.05) is 19.1 Å². The van der Waals surface area contributed by atoms with Crippen molar-refractivity contribution in [3.05, 3.63) is 12.2 Å². The third-order valence-corrected chi connectivity index (χ3v) is 9.48. The summed E-state index contributed by atoms with van der Waals surface area (Å²) in [5.74, 6) is 0.830. The van der Waals surface area contributed by atoms with E-state index in [-0.39, 0.29) is 40.8 Å². The van der Waals surface area contributed by atoms with Crippen molar-refractivity contribution >= 4 is 15.8 Å². The topological polar surface area (TPSA) is 72.5 Å². The van der Waals surface area contributed by atoms with Crippen LogP contribution >= 0.6 is 0 Å². The van der Waals surface area contributed by atoms with Gasteiger partial charge in [0.1, 0.15) is 6.10 Å². The highest BCUT2D eigenvalue weighted by atomic mass is 32.2. The molecule has 2 aliphatic carbocycles. The summed E-state index contributed by atoms with van der Waals surface area (Å²) in [5, 5.41) is 3.41. The molecule has 2 saturated carbocycles. The average Bonchev–Trinajstić information content (AvgIpc) is 2.98. The van der Waals surface area contributed by atoms with Gasteiger partial charge in [0.15, 0.2) is 9.84 Å². The highest BCUT2D eigenvalue weighted by Gasteiger charge is 2.55. The van der Waals surface area contributed by atoms with Crippen molar-refractivity contribution in [1.82, 2.24) is 5.32 Å². The molecule has 6 atom stereocenters. The number of sulfone groups is 1. The normalized spacial score (nSPS) is 47.3. The molecule has 0 amide bonds. The lowest BCUT2D eigenvalue weighted by atomic mass is 9.55. The third-order valence-electron chi connectivity index (χ3n) is 7.57. The van der Waals surface area contributed by atoms with Gasteiger partial charge in [-0.25, -0.2) is 8.42 Å². The highest BCUT2D eigenvalue weighted by Crippen LogP contribution is 2.56. The minimum absolute atomic E-state index is 0.0153. The Labute approximate surface area is 156 Å². The molecule has 5 nitrogen and oxygen atoms in total. The SMILES string of the molecule is C=C1CCC[C@]2(C)C[C@H]3OC(=O)[C@H](CN[C@@]4(C)CCS(=O)(=O)C4)[C@H]3C[C@@H]12. The first-order valence-electron chi connectivity index (χ1n) is 9.95. The summed E-state index contributed by atoms with van der Waals surface area (Å²) in [4.78, 5) is 12.6. The second kappa shape index (κ2) is 6.06. The molecule has 1 N–H and O–H groups in total. The van der Waals surface area contributed by atoms with Gasteiger partial charge >= 0.3 is 5.97 Å². The van der Waals surface area contributed by atoms with Crippen LogP contribution in [0.3, 0.4) is 0 Å². The van der Waals surface area contributed by atoms with Crippen LogP contribution in [0.5, 0.6) is 0 Å². The van der Waals surface area contributed by atoms with E-state index in [4.69, 9.17) is 4.74 Å². The highest BCUT2D eigenvalue weighted by molar-refractivity contribution is 7.91. The Morgan fingerprint density at radius 1 is 1.31 bits per heavy atom. The van der Waals surface area contributed by atoms with Gasteiger partial charge in [0, 0.05) is 18.0 Å². The van der Waals surface area contributed by atoms with Gasteiger partial charge in [-0.15, -0.1) is 0 Å². The number of nitrogens with one attached hydrogen (secondary N) is 1. The predicted octanol–water partition coefficient (Wildman–Crippen LogP) is 2.47. The first kappa shape index (κ1) is 18.5. The number of rotatable bonds is 3. The van der Waals surface area contributed by atoms with Gasteiger partial charge in [0.2, 0.25) is 0 Å². The second-order valence-electron chi connectivity index (χ2n) is 9.69. The van der Waals surface area contributed by atoms with Crippen molar-refractivity contribution < 1.29 is 17.9 Å². The van der Waals surface area contributed by atoms with E-state index in [9.17, 15) is 13.2 Å². The molecule has 4 aliphatic rings. The number of carbonyl (C=O) groups is 1. The van der Waals surface area contributed by atoms with E-state index in [0.717, 1.165) is 19.3 Å². The number of hydrogen-bond acceptors (Lipinski definition) is 5. The van der Waals surface area contributed by atoms with E-state index in [1.165, 1.54) is 18.4 Å². The lowest BCUT2D eigenvalue weighted by molar-refractivity contribution is -0.146. The van der Waals surface area contributed by atoms with E-state index >= 15 is 0 Å². The molecule has 0 bridgehead atoms. The molecule has 0 aromatic rings. The summed E-state index contributed by atoms with van der Waals surface area (Å²) in [6.07, 6.45) is 6.03. The van der Waals surface area contributed by atoms with E-state index < -0.39 is 15.4 Å². The molecule has 4 fully saturated rings. The lowest BCUT2D eigenvalue weighted by Gasteiger charge is -2.50. The van der Waals surface area contributed by atoms with Gasteiger partial charge in [-0.05, 0) is 56.8 Å². The maximum Gasteiger partial charge on any atom is 0.310 e. The fraction of sp³-hybridized carbons (Fsp3) is 0.850. The third kappa shape index (κ3) is 3.13. The fourth-order valence-electron chi connectivity index (χ4n) is 6.00. The zero-order valence-corrected chi connectivity index (χ0v) is 16.7. The Kier molecular flexibility index (Phi) is 4.31. The van der Waals surface area contributed by atoms with E-state index in [2.05, 4.69) is 18.8 Å². The zero-order valence-electron chi connectivity index (χ0n) is 15.9. The van der Waals surface area contributed by atoms with Crippen molar-refractivity contribution in [1.29, 1.82) is 0 Å². The molecular formula is C20H31NO4S. The van der Waals surface area contributed by atoms with Crippen LogP contribution in [-0.4, -0.2) is 44.1 Å². The summed E-state index contributed by atoms with van der Waals surface area (Å²) < 4.78 is 29.4. The molecule has 2 heterocycles. The Morgan fingerprint density at radius 2 is 2.08 bits per heavy atom. The Bertz CT molecular complexity index is 732. The Hall–Kier alpha value is -0.880. The number of esters is 1. The van der Waals surface area contributed by atoms with Crippen LogP contribution in [0.25, 0.3) is 0 Å². The van der Waals surface area contributed by atoms with Crippen molar-refractivity contribution in [3.63, 3.8) is 0 Å². The molecule has 146 valence electrons. The first-order chi connectivity index (χ1) is 12.1. The average molecular weight is 382 g/mol. The molecule has 0 unspecified atom stereocenters. The molecule has 0 spiro atoms. The molecule has 26 heavy (non-hydrogen) atoms. The summed E-state index contributed by atoms with van der Waals surface area (Å²) in [7, 11) is -2.96. The van der Waals surface area contributed by atoms with Crippen LogP contribution in [0.1, 0.15) is 52.4 Å². The summed E-state index contributed by atoms with van der Waals surface area (Å²) in [5.41, 5.74) is 1.14. The number of carbonyl (C=O) groups excluding carboxylic acids is 1. The van der Waals surface area contributed by atoms with E-state index in [1.54, 1.807) is 0 Å². The van der Waals surface area contributed by atoms with Crippen molar-refractivity contribution in [2.45, 2.75) is 64.0 Å². The van der Waals surface area contributed by atoms with Gasteiger partial charge in [-0.2, -0.15) is 0 Å². The summed E-state index contributed by atoms with van der Waals surface area (Å²) >= 11 is 0. The van der Waals surface area contributed by atoms with Crippen LogP contribution in [0, 0.1) is 23.2 Å². The second-order valence-corrected chi connectivity index (χ2v) is 11.9.